The lowest BCUT2D eigenvalue weighted by Crippen LogP contribution is -2.19. The van der Waals surface area contributed by atoms with Gasteiger partial charge in [-0.15, -0.1) is 12.4 Å². The molecule has 0 radical (unpaired) electrons. The molecule has 0 aliphatic carbocycles. The minimum Gasteiger partial charge on any atom is -0.497 e. The first-order chi connectivity index (χ1) is 7.11. The maximum atomic E-state index is 13.0. The van der Waals surface area contributed by atoms with Gasteiger partial charge in [0, 0.05) is 12.5 Å². The van der Waals surface area contributed by atoms with Crippen molar-refractivity contribution < 1.29 is 13.5 Å². The lowest BCUT2D eigenvalue weighted by atomic mass is 10.0. The van der Waals surface area contributed by atoms with Gasteiger partial charge in [0.1, 0.15) is 5.75 Å². The zero-order chi connectivity index (χ0) is 10.9. The third kappa shape index (κ3) is 2.83. The minimum atomic E-state index is -2.59. The Balaban J connectivity index is 0.00000128. The predicted molar refractivity (Wildman–Crippen MR) is 60.5 cm³/mol. The number of ether oxygens (including phenoxy) is 1. The molecule has 2 nitrogen and oxygen atoms in total. The van der Waals surface area contributed by atoms with Crippen molar-refractivity contribution in [3.05, 3.63) is 29.8 Å². The van der Waals surface area contributed by atoms with Crippen LogP contribution in [0, 0.1) is 0 Å². The van der Waals surface area contributed by atoms with Crippen LogP contribution in [-0.4, -0.2) is 19.6 Å². The molecule has 1 heterocycles. The van der Waals surface area contributed by atoms with Gasteiger partial charge in [0.15, 0.2) is 0 Å². The highest BCUT2D eigenvalue weighted by atomic mass is 35.5. The van der Waals surface area contributed by atoms with Gasteiger partial charge >= 0.3 is 0 Å². The Hall–Kier alpha value is -0.870. The number of rotatable bonds is 2. The second-order valence-corrected chi connectivity index (χ2v) is 3.77. The fourth-order valence-corrected chi connectivity index (χ4v) is 1.81. The van der Waals surface area contributed by atoms with Gasteiger partial charge in [-0.3, -0.25) is 0 Å². The molecule has 1 aromatic rings. The molecule has 0 bridgehead atoms. The van der Waals surface area contributed by atoms with Crippen molar-refractivity contribution in [2.75, 3.05) is 13.7 Å². The van der Waals surface area contributed by atoms with Crippen molar-refractivity contribution in [3.63, 3.8) is 0 Å². The lowest BCUT2D eigenvalue weighted by Gasteiger charge is -2.11. The Kier molecular flexibility index (Phi) is 4.10. The molecule has 5 heteroatoms. The van der Waals surface area contributed by atoms with E-state index in [-0.39, 0.29) is 31.4 Å². The average Bonchev–Trinajstić information content (AvgIpc) is 2.59. The second kappa shape index (κ2) is 4.97. The number of benzene rings is 1. The summed E-state index contributed by atoms with van der Waals surface area (Å²) >= 11 is 0. The van der Waals surface area contributed by atoms with Crippen molar-refractivity contribution in [3.8, 4) is 5.75 Å². The van der Waals surface area contributed by atoms with Gasteiger partial charge in [-0.05, 0) is 17.7 Å². The van der Waals surface area contributed by atoms with E-state index in [4.69, 9.17) is 4.74 Å². The zero-order valence-corrected chi connectivity index (χ0v) is 9.69. The van der Waals surface area contributed by atoms with Crippen LogP contribution < -0.4 is 10.1 Å². The number of alkyl halides is 2. The third-order valence-electron chi connectivity index (χ3n) is 2.61. The minimum absolute atomic E-state index is 0. The van der Waals surface area contributed by atoms with Gasteiger partial charge < -0.3 is 10.1 Å². The standard InChI is InChI=1S/C11H13F2NO.ClH/c1-15-9-4-2-3-8(5-9)10-6-11(12,13)7-14-10;/h2-5,10,14H,6-7H2,1H3;1H. The summed E-state index contributed by atoms with van der Waals surface area (Å²) in [5.74, 6) is -1.89. The average molecular weight is 250 g/mol. The molecule has 1 aromatic carbocycles. The van der Waals surface area contributed by atoms with Gasteiger partial charge in [-0.2, -0.15) is 0 Å². The molecule has 0 amide bonds. The molecule has 90 valence electrons. The van der Waals surface area contributed by atoms with Crippen molar-refractivity contribution in [1.82, 2.24) is 5.32 Å². The van der Waals surface area contributed by atoms with Crippen LogP contribution in [0.3, 0.4) is 0 Å². The molecule has 1 fully saturated rings. The number of hydrogen-bond acceptors (Lipinski definition) is 2. The Morgan fingerprint density at radius 3 is 2.75 bits per heavy atom. The molecule has 1 saturated heterocycles. The van der Waals surface area contributed by atoms with Gasteiger partial charge in [-0.1, -0.05) is 12.1 Å². The molecule has 1 aliphatic rings. The molecule has 0 aromatic heterocycles. The van der Waals surface area contributed by atoms with E-state index in [1.807, 2.05) is 12.1 Å². The van der Waals surface area contributed by atoms with E-state index in [0.29, 0.717) is 5.75 Å². The van der Waals surface area contributed by atoms with E-state index in [2.05, 4.69) is 5.32 Å². The van der Waals surface area contributed by atoms with Crippen molar-refractivity contribution >= 4 is 12.4 Å². The molecular weight excluding hydrogens is 236 g/mol. The summed E-state index contributed by atoms with van der Waals surface area (Å²) in [4.78, 5) is 0. The quantitative estimate of drug-likeness (QED) is 0.870. The van der Waals surface area contributed by atoms with Crippen LogP contribution in [0.5, 0.6) is 5.75 Å². The first kappa shape index (κ1) is 13.2. The van der Waals surface area contributed by atoms with E-state index in [1.54, 1.807) is 19.2 Å². The van der Waals surface area contributed by atoms with Crippen LogP contribution in [0.4, 0.5) is 8.78 Å². The first-order valence-electron chi connectivity index (χ1n) is 4.86. The van der Waals surface area contributed by atoms with Crippen LogP contribution in [0.25, 0.3) is 0 Å². The molecule has 1 aliphatic heterocycles. The molecule has 0 spiro atoms. The van der Waals surface area contributed by atoms with Crippen LogP contribution in [0.15, 0.2) is 24.3 Å². The van der Waals surface area contributed by atoms with Gasteiger partial charge in [0.2, 0.25) is 0 Å². The molecule has 1 atom stereocenters. The molecule has 1 unspecified atom stereocenters. The topological polar surface area (TPSA) is 21.3 Å². The summed E-state index contributed by atoms with van der Waals surface area (Å²) in [6.07, 6.45) is -0.139. The van der Waals surface area contributed by atoms with Crippen LogP contribution in [0.1, 0.15) is 18.0 Å². The molecule has 1 N–H and O–H groups in total. The Morgan fingerprint density at radius 1 is 1.44 bits per heavy atom. The highest BCUT2D eigenvalue weighted by molar-refractivity contribution is 5.85. The summed E-state index contributed by atoms with van der Waals surface area (Å²) in [6.45, 7) is -0.241. The van der Waals surface area contributed by atoms with Crippen LogP contribution >= 0.6 is 12.4 Å². The summed E-state index contributed by atoms with van der Waals surface area (Å²) in [6, 6.07) is 6.97. The normalized spacial score (nSPS) is 22.6. The Bertz CT molecular complexity index is 360. The zero-order valence-electron chi connectivity index (χ0n) is 8.87. The number of nitrogens with one attached hydrogen (secondary N) is 1. The van der Waals surface area contributed by atoms with E-state index in [9.17, 15) is 8.78 Å². The fraction of sp³-hybridized carbons (Fsp3) is 0.455. The van der Waals surface area contributed by atoms with E-state index >= 15 is 0 Å². The fourth-order valence-electron chi connectivity index (χ4n) is 1.81. The lowest BCUT2D eigenvalue weighted by molar-refractivity contribution is 0.0210. The Morgan fingerprint density at radius 2 is 2.19 bits per heavy atom. The largest absolute Gasteiger partial charge is 0.497 e. The highest BCUT2D eigenvalue weighted by Crippen LogP contribution is 2.34. The molecule has 16 heavy (non-hydrogen) atoms. The first-order valence-corrected chi connectivity index (χ1v) is 4.86. The second-order valence-electron chi connectivity index (χ2n) is 3.77. The van der Waals surface area contributed by atoms with Gasteiger partial charge in [-0.25, -0.2) is 8.78 Å². The smallest absolute Gasteiger partial charge is 0.262 e. The van der Waals surface area contributed by atoms with Crippen molar-refractivity contribution in [2.45, 2.75) is 18.4 Å². The summed E-state index contributed by atoms with van der Waals surface area (Å²) in [7, 11) is 1.57. The SMILES string of the molecule is COc1cccc(C2CC(F)(F)CN2)c1.Cl. The highest BCUT2D eigenvalue weighted by Gasteiger charge is 2.39. The van der Waals surface area contributed by atoms with E-state index < -0.39 is 5.92 Å². The molecule has 0 saturated carbocycles. The number of methoxy groups -OCH3 is 1. The van der Waals surface area contributed by atoms with Gasteiger partial charge in [0.05, 0.1) is 13.7 Å². The van der Waals surface area contributed by atoms with Crippen molar-refractivity contribution in [1.29, 1.82) is 0 Å². The third-order valence-corrected chi connectivity index (χ3v) is 2.61. The molecule has 2 rings (SSSR count). The van der Waals surface area contributed by atoms with Crippen LogP contribution in [0.2, 0.25) is 0 Å². The molecular formula is C11H14ClF2NO. The maximum Gasteiger partial charge on any atom is 0.262 e. The number of hydrogen-bond donors (Lipinski definition) is 1. The van der Waals surface area contributed by atoms with Crippen molar-refractivity contribution in [2.24, 2.45) is 0 Å². The van der Waals surface area contributed by atoms with E-state index in [0.717, 1.165) is 5.56 Å². The monoisotopic (exact) mass is 249 g/mol. The van der Waals surface area contributed by atoms with E-state index in [1.165, 1.54) is 0 Å². The summed E-state index contributed by atoms with van der Waals surface area (Å²) in [5, 5.41) is 2.81. The number of halogens is 3. The van der Waals surface area contributed by atoms with Crippen LogP contribution in [-0.2, 0) is 0 Å². The summed E-state index contributed by atoms with van der Waals surface area (Å²) in [5.41, 5.74) is 0.853. The Labute approximate surface area is 99.4 Å². The summed E-state index contributed by atoms with van der Waals surface area (Å²) < 4.78 is 31.0. The predicted octanol–water partition coefficient (Wildman–Crippen LogP) is 2.79. The maximum absolute atomic E-state index is 13.0. The van der Waals surface area contributed by atoms with Gasteiger partial charge in [0.25, 0.3) is 5.92 Å².